The molecule has 2 fully saturated rings. The van der Waals surface area contributed by atoms with Crippen LogP contribution >= 0.6 is 11.3 Å². The predicted octanol–water partition coefficient (Wildman–Crippen LogP) is 3.53. The molecule has 3 rings (SSSR count). The van der Waals surface area contributed by atoms with Crippen molar-refractivity contribution in [3.63, 3.8) is 0 Å². The van der Waals surface area contributed by atoms with Gasteiger partial charge in [-0.25, -0.2) is 0 Å². The summed E-state index contributed by atoms with van der Waals surface area (Å²) in [6, 6.07) is 5.82. The maximum atomic E-state index is 3.86. The molecule has 2 nitrogen and oxygen atoms in total. The quantitative estimate of drug-likeness (QED) is 0.893. The molecule has 0 radical (unpaired) electrons. The van der Waals surface area contributed by atoms with Gasteiger partial charge in [-0.1, -0.05) is 13.0 Å². The molecule has 1 aliphatic heterocycles. The normalized spacial score (nSPS) is 33.2. The molecule has 112 valence electrons. The van der Waals surface area contributed by atoms with Crippen LogP contribution in [0.2, 0.25) is 0 Å². The Morgan fingerprint density at radius 2 is 2.30 bits per heavy atom. The van der Waals surface area contributed by atoms with E-state index in [1.165, 1.54) is 37.1 Å². The zero-order chi connectivity index (χ0) is 14.2. The Kier molecular flexibility index (Phi) is 4.21. The Morgan fingerprint density at radius 3 is 2.90 bits per heavy atom. The van der Waals surface area contributed by atoms with Gasteiger partial charge in [0.05, 0.1) is 0 Å². The second kappa shape index (κ2) is 5.78. The monoisotopic (exact) mass is 292 g/mol. The fourth-order valence-electron chi connectivity index (χ4n) is 3.76. The van der Waals surface area contributed by atoms with E-state index >= 15 is 0 Å². The van der Waals surface area contributed by atoms with Gasteiger partial charge in [-0.2, -0.15) is 0 Å². The van der Waals surface area contributed by atoms with Crippen molar-refractivity contribution >= 4 is 11.3 Å². The summed E-state index contributed by atoms with van der Waals surface area (Å²) in [6.45, 7) is 9.58. The van der Waals surface area contributed by atoms with Crippen LogP contribution < -0.4 is 5.32 Å². The molecule has 1 saturated heterocycles. The molecule has 1 N–H and O–H groups in total. The van der Waals surface area contributed by atoms with E-state index in [4.69, 9.17) is 0 Å². The van der Waals surface area contributed by atoms with Gasteiger partial charge >= 0.3 is 0 Å². The highest BCUT2D eigenvalue weighted by Crippen LogP contribution is 2.42. The van der Waals surface area contributed by atoms with Gasteiger partial charge in [0.1, 0.15) is 0 Å². The van der Waals surface area contributed by atoms with Gasteiger partial charge in [0.2, 0.25) is 0 Å². The first-order valence-corrected chi connectivity index (χ1v) is 9.03. The van der Waals surface area contributed by atoms with Crippen molar-refractivity contribution in [3.05, 3.63) is 22.4 Å². The minimum Gasteiger partial charge on any atom is -0.308 e. The van der Waals surface area contributed by atoms with E-state index in [0.717, 1.165) is 12.5 Å². The van der Waals surface area contributed by atoms with Crippen LogP contribution in [0, 0.1) is 5.92 Å². The molecule has 0 aromatic carbocycles. The molecule has 0 bridgehead atoms. The molecule has 1 saturated carbocycles. The van der Waals surface area contributed by atoms with E-state index in [1.54, 1.807) is 0 Å². The maximum absolute atomic E-state index is 3.86. The Bertz CT molecular complexity index is 426. The molecule has 0 spiro atoms. The third-order valence-corrected chi connectivity index (χ3v) is 6.21. The molecule has 3 heteroatoms. The zero-order valence-corrected chi connectivity index (χ0v) is 13.9. The van der Waals surface area contributed by atoms with Crippen LogP contribution in [0.1, 0.15) is 44.9 Å². The Hall–Kier alpha value is -0.380. The molecule has 0 amide bonds. The van der Waals surface area contributed by atoms with E-state index in [2.05, 4.69) is 48.5 Å². The smallest absolute Gasteiger partial charge is 0.0309 e. The Balaban J connectivity index is 1.69. The van der Waals surface area contributed by atoms with Crippen molar-refractivity contribution in [2.75, 3.05) is 13.1 Å². The van der Waals surface area contributed by atoms with Crippen LogP contribution in [0.15, 0.2) is 17.5 Å². The van der Waals surface area contributed by atoms with Crippen molar-refractivity contribution in [2.45, 2.75) is 64.1 Å². The fourth-order valence-corrected chi connectivity index (χ4v) is 4.58. The van der Waals surface area contributed by atoms with Crippen LogP contribution in [0.5, 0.6) is 0 Å². The molecule has 2 aliphatic rings. The van der Waals surface area contributed by atoms with Crippen LogP contribution in [0.3, 0.4) is 0 Å². The number of thiophene rings is 1. The number of nitrogens with zero attached hydrogens (tertiary/aromatic N) is 1. The van der Waals surface area contributed by atoms with E-state index in [1.807, 2.05) is 11.3 Å². The van der Waals surface area contributed by atoms with Crippen molar-refractivity contribution < 1.29 is 0 Å². The molecule has 3 atom stereocenters. The standard InChI is InChI=1S/C17H28N2S/c1-4-15-11-18-17(3,14-7-8-14)12-19(15)13(2)10-16-6-5-9-20-16/h5-6,9,13-15,18H,4,7-8,10-12H2,1-3H3. The lowest BCUT2D eigenvalue weighted by Crippen LogP contribution is -2.65. The Labute approximate surface area is 127 Å². The van der Waals surface area contributed by atoms with Crippen molar-refractivity contribution in [1.82, 2.24) is 10.2 Å². The van der Waals surface area contributed by atoms with Crippen LogP contribution in [-0.4, -0.2) is 35.6 Å². The predicted molar refractivity (Wildman–Crippen MR) is 87.4 cm³/mol. The van der Waals surface area contributed by atoms with Gasteiger partial charge < -0.3 is 5.32 Å². The maximum Gasteiger partial charge on any atom is 0.0309 e. The van der Waals surface area contributed by atoms with Gasteiger partial charge in [-0.05, 0) is 56.9 Å². The number of hydrogen-bond acceptors (Lipinski definition) is 3. The van der Waals surface area contributed by atoms with E-state index in [0.29, 0.717) is 17.6 Å². The second-order valence-electron chi connectivity index (χ2n) is 6.94. The molecular weight excluding hydrogens is 264 g/mol. The van der Waals surface area contributed by atoms with Crippen LogP contribution in [0.4, 0.5) is 0 Å². The van der Waals surface area contributed by atoms with E-state index < -0.39 is 0 Å². The summed E-state index contributed by atoms with van der Waals surface area (Å²) in [5.41, 5.74) is 0.357. The molecule has 20 heavy (non-hydrogen) atoms. The van der Waals surface area contributed by atoms with Crippen LogP contribution in [-0.2, 0) is 6.42 Å². The average Bonchev–Trinajstić information content (AvgIpc) is 3.19. The highest BCUT2D eigenvalue weighted by molar-refractivity contribution is 7.09. The molecule has 1 aliphatic carbocycles. The molecular formula is C17H28N2S. The van der Waals surface area contributed by atoms with Gasteiger partial charge in [0.15, 0.2) is 0 Å². The van der Waals surface area contributed by atoms with Gasteiger partial charge in [0, 0.05) is 35.6 Å². The highest BCUT2D eigenvalue weighted by atomic mass is 32.1. The fraction of sp³-hybridized carbons (Fsp3) is 0.765. The average molecular weight is 292 g/mol. The number of hydrogen-bond donors (Lipinski definition) is 1. The van der Waals surface area contributed by atoms with Crippen LogP contribution in [0.25, 0.3) is 0 Å². The summed E-state index contributed by atoms with van der Waals surface area (Å²) in [6.07, 6.45) is 5.30. The second-order valence-corrected chi connectivity index (χ2v) is 7.97. The van der Waals surface area contributed by atoms with E-state index in [-0.39, 0.29) is 0 Å². The first-order chi connectivity index (χ1) is 9.62. The van der Waals surface area contributed by atoms with Crippen molar-refractivity contribution in [2.24, 2.45) is 5.92 Å². The zero-order valence-electron chi connectivity index (χ0n) is 13.1. The summed E-state index contributed by atoms with van der Waals surface area (Å²) in [5, 5.41) is 6.06. The topological polar surface area (TPSA) is 15.3 Å². The lowest BCUT2D eigenvalue weighted by Gasteiger charge is -2.49. The largest absolute Gasteiger partial charge is 0.308 e. The summed E-state index contributed by atoms with van der Waals surface area (Å²) >= 11 is 1.90. The third-order valence-electron chi connectivity index (χ3n) is 5.31. The Morgan fingerprint density at radius 1 is 1.50 bits per heavy atom. The molecule has 1 aromatic heterocycles. The minimum atomic E-state index is 0.357. The van der Waals surface area contributed by atoms with Gasteiger partial charge in [0.25, 0.3) is 0 Å². The number of piperazine rings is 1. The van der Waals surface area contributed by atoms with E-state index in [9.17, 15) is 0 Å². The summed E-state index contributed by atoms with van der Waals surface area (Å²) < 4.78 is 0. The molecule has 1 aromatic rings. The van der Waals surface area contributed by atoms with Gasteiger partial charge in [-0.3, -0.25) is 4.90 Å². The number of nitrogens with one attached hydrogen (secondary N) is 1. The SMILES string of the molecule is CCC1CNC(C)(C2CC2)CN1C(C)Cc1cccs1. The molecule has 2 heterocycles. The number of rotatable bonds is 5. The van der Waals surface area contributed by atoms with Crippen molar-refractivity contribution in [1.29, 1.82) is 0 Å². The van der Waals surface area contributed by atoms with Crippen molar-refractivity contribution in [3.8, 4) is 0 Å². The minimum absolute atomic E-state index is 0.357. The lowest BCUT2D eigenvalue weighted by atomic mass is 9.89. The molecule has 3 unspecified atom stereocenters. The summed E-state index contributed by atoms with van der Waals surface area (Å²) in [5.74, 6) is 0.914. The summed E-state index contributed by atoms with van der Waals surface area (Å²) in [4.78, 5) is 4.31. The first kappa shape index (κ1) is 14.6. The summed E-state index contributed by atoms with van der Waals surface area (Å²) in [7, 11) is 0. The highest BCUT2D eigenvalue weighted by Gasteiger charge is 2.46. The third kappa shape index (κ3) is 2.95. The van der Waals surface area contributed by atoms with Gasteiger partial charge in [-0.15, -0.1) is 11.3 Å². The first-order valence-electron chi connectivity index (χ1n) is 8.15. The lowest BCUT2D eigenvalue weighted by molar-refractivity contribution is 0.0427.